The second-order valence-corrected chi connectivity index (χ2v) is 9.30. The fourth-order valence-corrected chi connectivity index (χ4v) is 3.20. The quantitative estimate of drug-likeness (QED) is 0.201. The van der Waals surface area contributed by atoms with Crippen LogP contribution in [0, 0.1) is 5.92 Å². The molecule has 0 spiro atoms. The Morgan fingerprint density at radius 3 is 1.10 bits per heavy atom. The van der Waals surface area contributed by atoms with Gasteiger partial charge in [0.15, 0.2) is 0 Å². The van der Waals surface area contributed by atoms with Crippen molar-refractivity contribution in [2.75, 3.05) is 6.54 Å². The van der Waals surface area contributed by atoms with Gasteiger partial charge in [-0.2, -0.15) is 0 Å². The second kappa shape index (κ2) is 26.1. The molecule has 3 N–H and O–H groups in total. The lowest BCUT2D eigenvalue weighted by Gasteiger charge is -2.03. The number of amides is 2. The Hall–Kier alpha value is -0.900. The maximum Gasteiger partial charge on any atom is 0.227 e. The highest BCUT2D eigenvalue weighted by atomic mass is 16.2. The van der Waals surface area contributed by atoms with Gasteiger partial charge in [0.1, 0.15) is 0 Å². The molecule has 180 valence electrons. The van der Waals surface area contributed by atoms with Gasteiger partial charge in [0.05, 0.1) is 0 Å². The predicted octanol–water partition coefficient (Wildman–Crippen LogP) is 7.29. The van der Waals surface area contributed by atoms with E-state index in [1.165, 1.54) is 103 Å². The minimum atomic E-state index is -0.148. The van der Waals surface area contributed by atoms with E-state index in [1.807, 2.05) is 0 Å². The molecular weight excluding hydrogens is 372 g/mol. The Morgan fingerprint density at radius 2 is 0.900 bits per heavy atom. The normalized spacial score (nSPS) is 12.9. The second-order valence-electron chi connectivity index (χ2n) is 9.30. The minimum absolute atomic E-state index is 0.148. The van der Waals surface area contributed by atoms with E-state index in [-0.39, 0.29) is 11.8 Å². The molecule has 1 fully saturated rings. The van der Waals surface area contributed by atoms with E-state index in [9.17, 15) is 9.59 Å². The molecule has 0 bridgehead atoms. The zero-order valence-electron chi connectivity index (χ0n) is 20.9. The van der Waals surface area contributed by atoms with Gasteiger partial charge >= 0.3 is 0 Å². The average molecular weight is 427 g/mol. The number of hydrogen-bond donors (Lipinski definition) is 2. The molecule has 4 nitrogen and oxygen atoms in total. The fourth-order valence-electron chi connectivity index (χ4n) is 3.20. The average Bonchev–Trinajstić information content (AvgIpc) is 3.07. The summed E-state index contributed by atoms with van der Waals surface area (Å²) in [6, 6.07) is 0. The number of imide groups is 1. The van der Waals surface area contributed by atoms with Crippen molar-refractivity contribution in [2.45, 2.75) is 143 Å². The molecule has 0 radical (unpaired) electrons. The Bertz CT molecular complexity index is 337. The third-order valence-corrected chi connectivity index (χ3v) is 4.92. The van der Waals surface area contributed by atoms with Crippen LogP contribution in [-0.2, 0) is 9.59 Å². The van der Waals surface area contributed by atoms with Crippen molar-refractivity contribution in [3.8, 4) is 0 Å². The summed E-state index contributed by atoms with van der Waals surface area (Å²) in [5, 5.41) is 2.14. The highest BCUT2D eigenvalue weighted by Crippen LogP contribution is 2.13. The summed E-state index contributed by atoms with van der Waals surface area (Å²) < 4.78 is 0. The number of carbonyl (C=O) groups is 2. The first-order valence-corrected chi connectivity index (χ1v) is 13.0. The van der Waals surface area contributed by atoms with E-state index in [2.05, 4.69) is 33.0 Å². The zero-order valence-corrected chi connectivity index (χ0v) is 20.9. The Morgan fingerprint density at radius 1 is 0.633 bits per heavy atom. The third kappa shape index (κ3) is 31.8. The van der Waals surface area contributed by atoms with Crippen molar-refractivity contribution >= 4 is 11.8 Å². The van der Waals surface area contributed by atoms with Gasteiger partial charge in [0.25, 0.3) is 0 Å². The number of nitrogens with one attached hydrogen (secondary N) is 1. The van der Waals surface area contributed by atoms with Crippen LogP contribution in [0.1, 0.15) is 143 Å². The van der Waals surface area contributed by atoms with Crippen LogP contribution in [0.4, 0.5) is 0 Å². The first kappa shape index (κ1) is 31.3. The van der Waals surface area contributed by atoms with Crippen LogP contribution in [0.3, 0.4) is 0 Å². The largest absolute Gasteiger partial charge is 0.330 e. The van der Waals surface area contributed by atoms with Crippen LogP contribution < -0.4 is 11.1 Å². The van der Waals surface area contributed by atoms with Crippen LogP contribution in [-0.4, -0.2) is 18.4 Å². The van der Waals surface area contributed by atoms with Gasteiger partial charge < -0.3 is 5.73 Å². The van der Waals surface area contributed by atoms with Crippen LogP contribution in [0.25, 0.3) is 0 Å². The highest BCUT2D eigenvalue weighted by molar-refractivity contribution is 6.01. The summed E-state index contributed by atoms with van der Waals surface area (Å²) in [7, 11) is 0. The smallest absolute Gasteiger partial charge is 0.227 e. The number of carbonyl (C=O) groups excluding carboxylic acids is 2. The monoisotopic (exact) mass is 426 g/mol. The van der Waals surface area contributed by atoms with E-state index in [4.69, 9.17) is 5.73 Å². The van der Waals surface area contributed by atoms with Gasteiger partial charge in [-0.05, 0) is 18.9 Å². The zero-order chi connectivity index (χ0) is 22.9. The van der Waals surface area contributed by atoms with Gasteiger partial charge in [0.2, 0.25) is 11.8 Å². The summed E-state index contributed by atoms with van der Waals surface area (Å²) in [5.41, 5.74) is 5.48. The molecule has 1 heterocycles. The lowest BCUT2D eigenvalue weighted by Crippen LogP contribution is -2.18. The van der Waals surface area contributed by atoms with E-state index in [0.717, 1.165) is 12.5 Å². The van der Waals surface area contributed by atoms with Crippen molar-refractivity contribution in [3.63, 3.8) is 0 Å². The maximum absolute atomic E-state index is 10.1. The first-order chi connectivity index (χ1) is 14.4. The van der Waals surface area contributed by atoms with Crippen LogP contribution in [0.15, 0.2) is 0 Å². The summed E-state index contributed by atoms with van der Waals surface area (Å²) in [6.45, 7) is 9.66. The van der Waals surface area contributed by atoms with Gasteiger partial charge in [-0.25, -0.2) is 0 Å². The van der Waals surface area contributed by atoms with Crippen molar-refractivity contribution < 1.29 is 9.59 Å². The summed E-state index contributed by atoms with van der Waals surface area (Å²) >= 11 is 0. The molecule has 1 aliphatic heterocycles. The Balaban J connectivity index is 0. The minimum Gasteiger partial charge on any atom is -0.330 e. The molecule has 1 saturated heterocycles. The van der Waals surface area contributed by atoms with Crippen LogP contribution in [0.2, 0.25) is 0 Å². The predicted molar refractivity (Wildman–Crippen MR) is 131 cm³/mol. The molecule has 2 amide bonds. The Labute approximate surface area is 188 Å². The van der Waals surface area contributed by atoms with E-state index in [0.29, 0.717) is 12.8 Å². The molecule has 0 saturated carbocycles. The topological polar surface area (TPSA) is 72.2 Å². The standard InChI is InChI=1S/C18H39N.C4H5NO2.C4H10/c1-2-3-4-5-6-7-8-9-10-11-12-13-14-15-16-17-18-19;6-3-1-2-4(7)5-3;1-4(2)3/h2-19H2,1H3;1-2H2,(H,5,6,7);4H,1-3H3. The molecule has 1 aliphatic rings. The van der Waals surface area contributed by atoms with E-state index in [1.54, 1.807) is 0 Å². The van der Waals surface area contributed by atoms with Crippen molar-refractivity contribution in [1.82, 2.24) is 5.32 Å². The number of nitrogens with two attached hydrogens (primary N) is 1. The van der Waals surface area contributed by atoms with Crippen LogP contribution in [0.5, 0.6) is 0 Å². The lowest BCUT2D eigenvalue weighted by molar-refractivity contribution is -0.124. The molecule has 0 aromatic carbocycles. The van der Waals surface area contributed by atoms with Crippen LogP contribution >= 0.6 is 0 Å². The highest BCUT2D eigenvalue weighted by Gasteiger charge is 2.15. The third-order valence-electron chi connectivity index (χ3n) is 4.92. The number of hydrogen-bond acceptors (Lipinski definition) is 3. The summed E-state index contributed by atoms with van der Waals surface area (Å²) in [4.78, 5) is 20.2. The molecule has 0 atom stereocenters. The molecular formula is C26H54N2O2. The number of unbranched alkanes of at least 4 members (excludes halogenated alkanes) is 15. The summed E-state index contributed by atoms with van der Waals surface area (Å²) in [5.74, 6) is 0.537. The van der Waals surface area contributed by atoms with E-state index >= 15 is 0 Å². The molecule has 0 aromatic rings. The maximum atomic E-state index is 10.1. The van der Waals surface area contributed by atoms with Gasteiger partial charge in [-0.1, -0.05) is 124 Å². The molecule has 0 aromatic heterocycles. The lowest BCUT2D eigenvalue weighted by atomic mass is 10.0. The fraction of sp³-hybridized carbons (Fsp3) is 0.923. The first-order valence-electron chi connectivity index (χ1n) is 13.0. The molecule has 30 heavy (non-hydrogen) atoms. The molecule has 4 heteroatoms. The SMILES string of the molecule is CC(C)C.CCCCCCCCCCCCCCCCCCN.O=C1CCC(=O)N1. The summed E-state index contributed by atoms with van der Waals surface area (Å²) in [6.07, 6.45) is 23.6. The van der Waals surface area contributed by atoms with Gasteiger partial charge in [-0.15, -0.1) is 0 Å². The van der Waals surface area contributed by atoms with Crippen molar-refractivity contribution in [2.24, 2.45) is 11.7 Å². The molecule has 0 unspecified atom stereocenters. The molecule has 0 aliphatic carbocycles. The molecule has 1 rings (SSSR count). The van der Waals surface area contributed by atoms with Gasteiger partial charge in [0, 0.05) is 12.8 Å². The Kier molecular flexibility index (Phi) is 27.3. The van der Waals surface area contributed by atoms with Crippen molar-refractivity contribution in [3.05, 3.63) is 0 Å². The van der Waals surface area contributed by atoms with Gasteiger partial charge in [-0.3, -0.25) is 14.9 Å². The van der Waals surface area contributed by atoms with Crippen molar-refractivity contribution in [1.29, 1.82) is 0 Å². The number of rotatable bonds is 16. The van der Waals surface area contributed by atoms with E-state index < -0.39 is 0 Å².